The average molecular weight is 290 g/mol. The Morgan fingerprint density at radius 3 is 2.55 bits per heavy atom. The molecule has 0 spiro atoms. The molecule has 112 valence electrons. The van der Waals surface area contributed by atoms with Gasteiger partial charge in [0.15, 0.2) is 11.5 Å². The summed E-state index contributed by atoms with van der Waals surface area (Å²) in [7, 11) is 2.66. The fourth-order valence-electron chi connectivity index (χ4n) is 1.48. The van der Waals surface area contributed by atoms with Crippen LogP contribution in [0, 0.1) is 0 Å². The van der Waals surface area contributed by atoms with Gasteiger partial charge in [0.25, 0.3) is 5.91 Å². The average Bonchev–Trinajstić information content (AvgIpc) is 2.39. The predicted molar refractivity (Wildman–Crippen MR) is 68.1 cm³/mol. The summed E-state index contributed by atoms with van der Waals surface area (Å²) in [5.74, 6) is -0.532. The smallest absolute Gasteiger partial charge is 0.387 e. The van der Waals surface area contributed by atoms with E-state index >= 15 is 0 Å². The van der Waals surface area contributed by atoms with E-state index in [-0.39, 0.29) is 23.7 Å². The maximum absolute atomic E-state index is 12.3. The van der Waals surface area contributed by atoms with E-state index < -0.39 is 18.6 Å². The molecule has 1 atom stereocenters. The summed E-state index contributed by atoms with van der Waals surface area (Å²) in [6.45, 7) is -3.00. The van der Waals surface area contributed by atoms with Crippen LogP contribution in [0.1, 0.15) is 0 Å². The minimum atomic E-state index is -2.99. The highest BCUT2D eigenvalue weighted by Gasteiger charge is 2.17. The lowest BCUT2D eigenvalue weighted by molar-refractivity contribution is -0.125. The molecule has 0 aliphatic carbocycles. The Labute approximate surface area is 114 Å². The van der Waals surface area contributed by atoms with Crippen molar-refractivity contribution in [1.29, 1.82) is 0 Å². The Hall–Kier alpha value is -1.93. The molecular weight excluding hydrogens is 274 g/mol. The Morgan fingerprint density at radius 1 is 1.35 bits per heavy atom. The van der Waals surface area contributed by atoms with Gasteiger partial charge in [0.05, 0.1) is 7.11 Å². The summed E-state index contributed by atoms with van der Waals surface area (Å²) in [6.07, 6.45) is -0.823. The zero-order chi connectivity index (χ0) is 15.1. The molecule has 0 aromatic heterocycles. The van der Waals surface area contributed by atoms with Crippen molar-refractivity contribution in [2.45, 2.75) is 12.7 Å². The van der Waals surface area contributed by atoms with E-state index in [9.17, 15) is 13.6 Å². The van der Waals surface area contributed by atoms with Crippen molar-refractivity contribution in [3.8, 4) is 11.5 Å². The van der Waals surface area contributed by atoms with Gasteiger partial charge >= 0.3 is 6.61 Å². The van der Waals surface area contributed by atoms with Gasteiger partial charge < -0.3 is 25.3 Å². The van der Waals surface area contributed by atoms with Crippen molar-refractivity contribution < 1.29 is 27.8 Å². The molecule has 0 saturated heterocycles. The van der Waals surface area contributed by atoms with Crippen LogP contribution in [0.5, 0.6) is 11.5 Å². The molecule has 6 nitrogen and oxygen atoms in total. The molecule has 1 rings (SSSR count). The first-order chi connectivity index (χ1) is 9.51. The molecule has 0 fully saturated rings. The van der Waals surface area contributed by atoms with Crippen LogP contribution in [0.25, 0.3) is 0 Å². The molecule has 0 radical (unpaired) electrons. The number of hydrogen-bond acceptors (Lipinski definition) is 5. The Balaban J connectivity index is 2.88. The van der Waals surface area contributed by atoms with Crippen molar-refractivity contribution in [2.75, 3.05) is 26.1 Å². The number of nitrogens with one attached hydrogen (secondary N) is 1. The normalized spacial score (nSPS) is 12.1. The van der Waals surface area contributed by atoms with Crippen LogP contribution in [0.3, 0.4) is 0 Å². The van der Waals surface area contributed by atoms with E-state index in [1.54, 1.807) is 0 Å². The van der Waals surface area contributed by atoms with Crippen LogP contribution < -0.4 is 20.5 Å². The van der Waals surface area contributed by atoms with Crippen LogP contribution >= 0.6 is 0 Å². The van der Waals surface area contributed by atoms with Gasteiger partial charge in [0.2, 0.25) is 0 Å². The van der Waals surface area contributed by atoms with E-state index in [0.717, 1.165) is 0 Å². The summed E-state index contributed by atoms with van der Waals surface area (Å²) in [6, 6.07) is 4.11. The van der Waals surface area contributed by atoms with Crippen molar-refractivity contribution >= 4 is 11.6 Å². The van der Waals surface area contributed by atoms with Gasteiger partial charge in [-0.25, -0.2) is 0 Å². The minimum absolute atomic E-state index is 0.00111. The number of hydrogen-bond donors (Lipinski definition) is 2. The second kappa shape index (κ2) is 7.61. The fourth-order valence-corrected chi connectivity index (χ4v) is 1.48. The largest absolute Gasteiger partial charge is 0.493 e. The lowest BCUT2D eigenvalue weighted by Gasteiger charge is -2.15. The number of methoxy groups -OCH3 is 2. The number of nitrogens with two attached hydrogens (primary N) is 1. The molecule has 1 aromatic rings. The number of rotatable bonds is 7. The van der Waals surface area contributed by atoms with Crippen LogP contribution in [-0.4, -0.2) is 39.4 Å². The number of amides is 1. The molecule has 0 bridgehead atoms. The Kier molecular flexibility index (Phi) is 6.13. The minimum Gasteiger partial charge on any atom is -0.493 e. The molecule has 0 heterocycles. The number of benzene rings is 1. The fraction of sp³-hybridized carbons (Fsp3) is 0.417. The maximum Gasteiger partial charge on any atom is 0.387 e. The van der Waals surface area contributed by atoms with Gasteiger partial charge in [-0.15, -0.1) is 0 Å². The van der Waals surface area contributed by atoms with Gasteiger partial charge in [-0.2, -0.15) is 8.78 Å². The molecule has 1 amide bonds. The number of ether oxygens (including phenoxy) is 3. The van der Waals surface area contributed by atoms with E-state index in [1.165, 1.54) is 32.4 Å². The van der Waals surface area contributed by atoms with Gasteiger partial charge in [0.1, 0.15) is 6.10 Å². The van der Waals surface area contributed by atoms with E-state index in [4.69, 9.17) is 15.2 Å². The second-order valence-corrected chi connectivity index (χ2v) is 3.69. The molecular formula is C12H16F2N2O4. The second-order valence-electron chi connectivity index (χ2n) is 3.69. The lowest BCUT2D eigenvalue weighted by atomic mass is 10.2. The van der Waals surface area contributed by atoms with Crippen LogP contribution in [0.15, 0.2) is 18.2 Å². The Bertz CT molecular complexity index is 453. The molecule has 8 heteroatoms. The summed E-state index contributed by atoms with van der Waals surface area (Å²) in [5, 5.41) is 2.48. The predicted octanol–water partition coefficient (Wildman–Crippen LogP) is 1.21. The SMILES string of the molecule is COc1ccc(NC(=O)C(CN)OC)cc1OC(F)F. The van der Waals surface area contributed by atoms with E-state index in [1.807, 2.05) is 0 Å². The van der Waals surface area contributed by atoms with Crippen molar-refractivity contribution in [3.63, 3.8) is 0 Å². The molecule has 3 N–H and O–H groups in total. The zero-order valence-electron chi connectivity index (χ0n) is 11.1. The maximum atomic E-state index is 12.3. The summed E-state index contributed by atoms with van der Waals surface area (Å²) in [5.41, 5.74) is 5.62. The highest BCUT2D eigenvalue weighted by atomic mass is 19.3. The summed E-state index contributed by atoms with van der Waals surface area (Å²) >= 11 is 0. The third kappa shape index (κ3) is 4.32. The Morgan fingerprint density at radius 2 is 2.05 bits per heavy atom. The van der Waals surface area contributed by atoms with Crippen molar-refractivity contribution in [1.82, 2.24) is 0 Å². The van der Waals surface area contributed by atoms with Gasteiger partial charge in [-0.1, -0.05) is 0 Å². The number of anilines is 1. The molecule has 1 unspecified atom stereocenters. The standard InChI is InChI=1S/C12H16F2N2O4/c1-18-8-4-3-7(5-9(8)20-12(13)14)16-11(17)10(6-15)19-2/h3-5,10,12H,6,15H2,1-2H3,(H,16,17). The third-order valence-electron chi connectivity index (χ3n) is 2.44. The van der Waals surface area contributed by atoms with Gasteiger partial charge in [0, 0.05) is 25.4 Å². The van der Waals surface area contributed by atoms with Crippen LogP contribution in [0.4, 0.5) is 14.5 Å². The van der Waals surface area contributed by atoms with E-state index in [0.29, 0.717) is 0 Å². The number of halogens is 2. The van der Waals surface area contributed by atoms with Crippen LogP contribution in [-0.2, 0) is 9.53 Å². The monoisotopic (exact) mass is 290 g/mol. The number of carbonyl (C=O) groups excluding carboxylic acids is 1. The van der Waals surface area contributed by atoms with Gasteiger partial charge in [-0.3, -0.25) is 4.79 Å². The lowest BCUT2D eigenvalue weighted by Crippen LogP contribution is -2.35. The van der Waals surface area contributed by atoms with E-state index in [2.05, 4.69) is 10.1 Å². The van der Waals surface area contributed by atoms with Crippen molar-refractivity contribution in [2.24, 2.45) is 5.73 Å². The summed E-state index contributed by atoms with van der Waals surface area (Å²) < 4.78 is 38.6. The van der Waals surface area contributed by atoms with Crippen molar-refractivity contribution in [3.05, 3.63) is 18.2 Å². The molecule has 0 aliphatic rings. The molecule has 0 aliphatic heterocycles. The molecule has 20 heavy (non-hydrogen) atoms. The highest BCUT2D eigenvalue weighted by Crippen LogP contribution is 2.31. The zero-order valence-corrected chi connectivity index (χ0v) is 11.1. The van der Waals surface area contributed by atoms with Crippen LogP contribution in [0.2, 0.25) is 0 Å². The quantitative estimate of drug-likeness (QED) is 0.788. The third-order valence-corrected chi connectivity index (χ3v) is 2.44. The molecule has 0 saturated carbocycles. The highest BCUT2D eigenvalue weighted by molar-refractivity contribution is 5.94. The topological polar surface area (TPSA) is 82.8 Å². The molecule has 1 aromatic carbocycles. The first-order valence-electron chi connectivity index (χ1n) is 5.68. The first-order valence-corrected chi connectivity index (χ1v) is 5.68. The van der Waals surface area contributed by atoms with Gasteiger partial charge in [-0.05, 0) is 12.1 Å². The number of carbonyl (C=O) groups is 1. The summed E-state index contributed by atoms with van der Waals surface area (Å²) in [4.78, 5) is 11.7. The first kappa shape index (κ1) is 16.1. The number of alkyl halides is 2.